The topological polar surface area (TPSA) is 12.5 Å². The van der Waals surface area contributed by atoms with Crippen LogP contribution in [0.5, 0.6) is 5.75 Å². The smallest absolute Gasteiger partial charge is 0.128 e. The summed E-state index contributed by atoms with van der Waals surface area (Å²) in [4.78, 5) is 2.36. The van der Waals surface area contributed by atoms with Crippen LogP contribution in [0.15, 0.2) is 164 Å². The molecule has 2 aliphatic rings. The van der Waals surface area contributed by atoms with Crippen LogP contribution in [0, 0.1) is 0 Å². The summed E-state index contributed by atoms with van der Waals surface area (Å²) in [6, 6.07) is 51.8. The van der Waals surface area contributed by atoms with E-state index in [0.717, 1.165) is 22.8 Å². The minimum atomic E-state index is 0.0392. The van der Waals surface area contributed by atoms with Crippen molar-refractivity contribution in [1.29, 1.82) is 0 Å². The number of para-hydroxylation sites is 1. The van der Waals surface area contributed by atoms with Crippen LogP contribution >= 0.6 is 0 Å². The fraction of sp³-hybridized carbons (Fsp3) is 0.0500. The van der Waals surface area contributed by atoms with Crippen molar-refractivity contribution >= 4 is 33.4 Å². The first-order valence-corrected chi connectivity index (χ1v) is 14.5. The molecule has 0 bridgehead atoms. The molecule has 200 valence electrons. The lowest BCUT2D eigenvalue weighted by molar-refractivity contribution is 0.269. The molecule has 0 saturated heterocycles. The van der Waals surface area contributed by atoms with Crippen LogP contribution in [0.25, 0.3) is 27.5 Å². The van der Waals surface area contributed by atoms with E-state index in [9.17, 15) is 0 Å². The van der Waals surface area contributed by atoms with Crippen molar-refractivity contribution in [3.8, 4) is 16.9 Å². The summed E-state index contributed by atoms with van der Waals surface area (Å²) in [5.74, 6) is 1.28. The van der Waals surface area contributed by atoms with E-state index < -0.39 is 0 Å². The molecule has 0 aromatic heterocycles. The molecule has 0 radical (unpaired) electrons. The van der Waals surface area contributed by atoms with Crippen LogP contribution in [0.3, 0.4) is 0 Å². The lowest BCUT2D eigenvalue weighted by atomic mass is 9.87. The number of rotatable bonds is 5. The highest BCUT2D eigenvalue weighted by molar-refractivity contribution is 5.99. The molecule has 1 aliphatic carbocycles. The van der Waals surface area contributed by atoms with Crippen molar-refractivity contribution in [2.24, 2.45) is 0 Å². The average molecular weight is 540 g/mol. The van der Waals surface area contributed by atoms with E-state index in [4.69, 9.17) is 4.74 Å². The monoisotopic (exact) mass is 539 g/mol. The van der Waals surface area contributed by atoms with Crippen molar-refractivity contribution in [1.82, 2.24) is 0 Å². The number of allylic oxidation sites excluding steroid dienone is 2. The number of nitrogens with zero attached hydrogens (tertiary/aromatic N) is 1. The minimum absolute atomic E-state index is 0.0392. The Morgan fingerprint density at radius 2 is 1.17 bits per heavy atom. The van der Waals surface area contributed by atoms with Gasteiger partial charge >= 0.3 is 0 Å². The minimum Gasteiger partial charge on any atom is -0.485 e. The van der Waals surface area contributed by atoms with Gasteiger partial charge in [0, 0.05) is 28.2 Å². The Labute approximate surface area is 246 Å². The third-order valence-electron chi connectivity index (χ3n) is 8.42. The first-order chi connectivity index (χ1) is 20.8. The molecule has 6 aromatic rings. The van der Waals surface area contributed by atoms with E-state index in [0.29, 0.717) is 0 Å². The summed E-state index contributed by atoms with van der Waals surface area (Å²) >= 11 is 0. The van der Waals surface area contributed by atoms with Gasteiger partial charge in [0.15, 0.2) is 0 Å². The third-order valence-corrected chi connectivity index (χ3v) is 8.42. The second-order valence-electron chi connectivity index (χ2n) is 10.9. The Bertz CT molecular complexity index is 1950. The van der Waals surface area contributed by atoms with Gasteiger partial charge in [-0.05, 0) is 70.1 Å². The predicted molar refractivity (Wildman–Crippen MR) is 175 cm³/mol. The molecule has 0 spiro atoms. The number of hydrogen-bond acceptors (Lipinski definition) is 2. The highest BCUT2D eigenvalue weighted by atomic mass is 16.5. The van der Waals surface area contributed by atoms with Gasteiger partial charge in [-0.2, -0.15) is 0 Å². The lowest BCUT2D eigenvalue weighted by Gasteiger charge is -2.27. The first kappa shape index (κ1) is 24.5. The van der Waals surface area contributed by atoms with Gasteiger partial charge in [-0.15, -0.1) is 0 Å². The zero-order chi connectivity index (χ0) is 27.9. The molecule has 42 heavy (non-hydrogen) atoms. The Morgan fingerprint density at radius 3 is 1.98 bits per heavy atom. The van der Waals surface area contributed by atoms with Crippen molar-refractivity contribution in [3.63, 3.8) is 0 Å². The highest BCUT2D eigenvalue weighted by Crippen LogP contribution is 2.44. The molecule has 0 amide bonds. The maximum atomic E-state index is 6.29. The lowest BCUT2D eigenvalue weighted by Crippen LogP contribution is -2.17. The second kappa shape index (κ2) is 10.2. The largest absolute Gasteiger partial charge is 0.485 e. The van der Waals surface area contributed by atoms with Crippen molar-refractivity contribution in [2.45, 2.75) is 12.0 Å². The summed E-state index contributed by atoms with van der Waals surface area (Å²) in [7, 11) is 0. The van der Waals surface area contributed by atoms with Crippen LogP contribution in [-0.4, -0.2) is 6.10 Å². The van der Waals surface area contributed by atoms with Gasteiger partial charge in [-0.3, -0.25) is 0 Å². The zero-order valence-corrected chi connectivity index (χ0v) is 23.1. The fourth-order valence-electron chi connectivity index (χ4n) is 6.31. The highest BCUT2D eigenvalue weighted by Gasteiger charge is 2.33. The quantitative estimate of drug-likeness (QED) is 0.216. The predicted octanol–water partition coefficient (Wildman–Crippen LogP) is 10.5. The number of benzene rings is 6. The van der Waals surface area contributed by atoms with E-state index in [2.05, 4.69) is 163 Å². The number of anilines is 3. The molecular weight excluding hydrogens is 510 g/mol. The van der Waals surface area contributed by atoms with Gasteiger partial charge in [0.1, 0.15) is 11.9 Å². The van der Waals surface area contributed by atoms with Crippen molar-refractivity contribution in [3.05, 3.63) is 175 Å². The summed E-state index contributed by atoms with van der Waals surface area (Å²) in [6.45, 7) is 0. The Balaban J connectivity index is 1.17. The van der Waals surface area contributed by atoms with Crippen LogP contribution in [0.2, 0.25) is 0 Å². The SMILES string of the molecule is C1=CC2c3ccccc3OC2C=C1c1ccc(N(c2ccc(-c3ccccc3)cc2)c2cccc3ccccc23)cc1. The molecule has 8 rings (SSSR count). The number of fused-ring (bicyclic) bond motifs is 4. The van der Waals surface area contributed by atoms with E-state index in [1.54, 1.807) is 0 Å². The van der Waals surface area contributed by atoms with Crippen LogP contribution in [0.4, 0.5) is 17.1 Å². The Morgan fingerprint density at radius 1 is 0.524 bits per heavy atom. The van der Waals surface area contributed by atoms with Gasteiger partial charge in [-0.1, -0.05) is 121 Å². The molecule has 2 nitrogen and oxygen atoms in total. The fourth-order valence-corrected chi connectivity index (χ4v) is 6.31. The third kappa shape index (κ3) is 4.29. The van der Waals surface area contributed by atoms with E-state index >= 15 is 0 Å². The molecule has 0 fully saturated rings. The number of ether oxygens (including phenoxy) is 1. The van der Waals surface area contributed by atoms with Crippen LogP contribution < -0.4 is 9.64 Å². The Kier molecular flexibility index (Phi) is 5.97. The molecule has 6 aromatic carbocycles. The van der Waals surface area contributed by atoms with Gasteiger partial charge in [0.05, 0.1) is 5.69 Å². The molecule has 0 saturated carbocycles. The maximum Gasteiger partial charge on any atom is 0.128 e. The molecule has 2 unspecified atom stereocenters. The maximum absolute atomic E-state index is 6.29. The second-order valence-corrected chi connectivity index (χ2v) is 10.9. The van der Waals surface area contributed by atoms with Crippen molar-refractivity contribution < 1.29 is 4.74 Å². The molecule has 1 aliphatic heterocycles. The molecular formula is C40H29NO. The molecule has 2 atom stereocenters. The van der Waals surface area contributed by atoms with E-state index in [1.165, 1.54) is 38.6 Å². The first-order valence-electron chi connectivity index (χ1n) is 14.5. The molecule has 1 heterocycles. The summed E-state index contributed by atoms with van der Waals surface area (Å²) in [5.41, 5.74) is 9.47. The zero-order valence-electron chi connectivity index (χ0n) is 23.1. The standard InChI is InChI=1S/C40H29NO/c1-2-9-28(10-3-1)29-17-22-33(23-18-29)41(38-15-8-12-31-11-4-5-13-35(31)38)34-24-19-30(20-25-34)32-21-26-37-36-14-6-7-16-39(36)42-40(37)27-32/h1-27,37,40H. The summed E-state index contributed by atoms with van der Waals surface area (Å²) in [6.07, 6.45) is 6.84. The van der Waals surface area contributed by atoms with Crippen molar-refractivity contribution in [2.75, 3.05) is 4.90 Å². The number of hydrogen-bond donors (Lipinski definition) is 0. The van der Waals surface area contributed by atoms with Gasteiger partial charge in [-0.25, -0.2) is 0 Å². The normalized spacial score (nSPS) is 16.8. The van der Waals surface area contributed by atoms with E-state index in [-0.39, 0.29) is 12.0 Å². The van der Waals surface area contributed by atoms with Crippen LogP contribution in [0.1, 0.15) is 17.0 Å². The average Bonchev–Trinajstić information content (AvgIpc) is 3.44. The van der Waals surface area contributed by atoms with Crippen LogP contribution in [-0.2, 0) is 0 Å². The van der Waals surface area contributed by atoms with Gasteiger partial charge in [0.25, 0.3) is 0 Å². The van der Waals surface area contributed by atoms with E-state index in [1.807, 2.05) is 6.07 Å². The van der Waals surface area contributed by atoms with Gasteiger partial charge in [0.2, 0.25) is 0 Å². The molecule has 2 heteroatoms. The summed E-state index contributed by atoms with van der Waals surface area (Å²) in [5, 5.41) is 2.44. The Hall–Kier alpha value is -5.34. The molecule has 0 N–H and O–H groups in total. The van der Waals surface area contributed by atoms with Gasteiger partial charge < -0.3 is 9.64 Å². The summed E-state index contributed by atoms with van der Waals surface area (Å²) < 4.78 is 6.29.